The Labute approximate surface area is 204 Å². The van der Waals surface area contributed by atoms with Gasteiger partial charge < -0.3 is 15.0 Å². The average Bonchev–Trinajstić information content (AvgIpc) is 2.78. The second-order valence-electron chi connectivity index (χ2n) is 8.52. The highest BCUT2D eigenvalue weighted by atomic mass is 79.9. The van der Waals surface area contributed by atoms with Crippen molar-refractivity contribution in [1.29, 1.82) is 0 Å². The zero-order valence-corrected chi connectivity index (χ0v) is 21.6. The fraction of sp³-hybridized carbons (Fsp3) is 0.462. The predicted molar refractivity (Wildman–Crippen MR) is 133 cm³/mol. The average molecular weight is 521 g/mol. The molecule has 0 fully saturated rings. The van der Waals surface area contributed by atoms with Crippen molar-refractivity contribution in [2.24, 2.45) is 0 Å². The van der Waals surface area contributed by atoms with Gasteiger partial charge in [-0.05, 0) is 77.0 Å². The first kappa shape index (κ1) is 26.8. The summed E-state index contributed by atoms with van der Waals surface area (Å²) in [5, 5.41) is 2.97. The second kappa shape index (κ2) is 12.7. The number of rotatable bonds is 11. The molecule has 0 spiro atoms. The molecule has 2 rings (SSSR count). The molecule has 2 atom stereocenters. The molecule has 0 saturated heterocycles. The van der Waals surface area contributed by atoms with Crippen molar-refractivity contribution in [2.75, 3.05) is 6.61 Å². The second-order valence-corrected chi connectivity index (χ2v) is 9.38. The van der Waals surface area contributed by atoms with Crippen molar-refractivity contribution in [3.8, 4) is 5.75 Å². The monoisotopic (exact) mass is 520 g/mol. The molecule has 2 amide bonds. The number of benzene rings is 2. The van der Waals surface area contributed by atoms with E-state index >= 15 is 0 Å². The molecule has 2 aromatic carbocycles. The topological polar surface area (TPSA) is 58.6 Å². The van der Waals surface area contributed by atoms with Crippen molar-refractivity contribution in [3.05, 3.63) is 63.9 Å². The normalized spacial score (nSPS) is 12.8. The van der Waals surface area contributed by atoms with E-state index in [9.17, 15) is 14.0 Å². The van der Waals surface area contributed by atoms with Gasteiger partial charge in [-0.1, -0.05) is 45.9 Å². The van der Waals surface area contributed by atoms with Crippen LogP contribution in [-0.4, -0.2) is 35.4 Å². The molecule has 0 heterocycles. The fourth-order valence-electron chi connectivity index (χ4n) is 3.36. The Morgan fingerprint density at radius 1 is 1.06 bits per heavy atom. The number of nitrogens with zero attached hydrogens (tertiary/aromatic N) is 1. The SMILES string of the molecule is CC[C@@H](C)NC(=O)[C@H](CC)N(Cc1ccc(F)cc1)C(=O)COc1ccc(C(C)C)cc1Br. The molecule has 2 aromatic rings. The minimum Gasteiger partial charge on any atom is -0.483 e. The summed E-state index contributed by atoms with van der Waals surface area (Å²) in [7, 11) is 0. The molecule has 0 aromatic heterocycles. The Morgan fingerprint density at radius 3 is 2.27 bits per heavy atom. The van der Waals surface area contributed by atoms with Gasteiger partial charge in [-0.2, -0.15) is 0 Å². The molecule has 7 heteroatoms. The zero-order valence-electron chi connectivity index (χ0n) is 20.0. The Balaban J connectivity index is 2.22. The van der Waals surface area contributed by atoms with E-state index in [2.05, 4.69) is 35.1 Å². The summed E-state index contributed by atoms with van der Waals surface area (Å²) in [6.07, 6.45) is 1.24. The summed E-state index contributed by atoms with van der Waals surface area (Å²) in [6, 6.07) is 11.1. The minimum atomic E-state index is -0.660. The van der Waals surface area contributed by atoms with E-state index in [1.807, 2.05) is 39.0 Å². The molecular weight excluding hydrogens is 487 g/mol. The molecule has 0 aliphatic carbocycles. The van der Waals surface area contributed by atoms with Crippen LogP contribution in [0.25, 0.3) is 0 Å². The summed E-state index contributed by atoms with van der Waals surface area (Å²) >= 11 is 3.51. The summed E-state index contributed by atoms with van der Waals surface area (Å²) in [5.41, 5.74) is 1.90. The van der Waals surface area contributed by atoms with Gasteiger partial charge in [0.2, 0.25) is 5.91 Å². The molecule has 0 aliphatic rings. The number of amides is 2. The smallest absolute Gasteiger partial charge is 0.261 e. The summed E-state index contributed by atoms with van der Waals surface area (Å²) < 4.78 is 20.0. The third-order valence-electron chi connectivity index (χ3n) is 5.63. The van der Waals surface area contributed by atoms with E-state index < -0.39 is 6.04 Å². The number of ether oxygens (including phenoxy) is 1. The number of hydrogen-bond acceptors (Lipinski definition) is 3. The first-order chi connectivity index (χ1) is 15.7. The Kier molecular flexibility index (Phi) is 10.4. The van der Waals surface area contributed by atoms with Gasteiger partial charge in [0.15, 0.2) is 6.61 Å². The standard InChI is InChI=1S/C26H34BrFN2O3/c1-6-18(5)29-26(32)23(7-2)30(15-19-8-11-21(28)12-9-19)25(31)16-33-24-13-10-20(17(3)4)14-22(24)27/h8-14,17-18,23H,6-7,15-16H2,1-5H3,(H,29,32)/t18-,23+/m1/s1. The molecule has 180 valence electrons. The van der Waals surface area contributed by atoms with Gasteiger partial charge in [0.25, 0.3) is 5.91 Å². The molecule has 0 aliphatic heterocycles. The van der Waals surface area contributed by atoms with Crippen molar-refractivity contribution < 1.29 is 18.7 Å². The molecule has 5 nitrogen and oxygen atoms in total. The van der Waals surface area contributed by atoms with Crippen molar-refractivity contribution in [2.45, 2.75) is 72.0 Å². The maximum absolute atomic E-state index is 13.4. The van der Waals surface area contributed by atoms with Crippen LogP contribution in [0.15, 0.2) is 46.9 Å². The van der Waals surface area contributed by atoms with Crippen LogP contribution in [0.4, 0.5) is 4.39 Å². The first-order valence-corrected chi connectivity index (χ1v) is 12.2. The van der Waals surface area contributed by atoms with E-state index in [4.69, 9.17) is 4.74 Å². The lowest BCUT2D eigenvalue weighted by molar-refractivity contribution is -0.143. The number of carbonyl (C=O) groups excluding carboxylic acids is 2. The van der Waals surface area contributed by atoms with Crippen LogP contribution in [0.2, 0.25) is 0 Å². The molecule has 0 saturated carbocycles. The summed E-state index contributed by atoms with van der Waals surface area (Å²) in [5.74, 6) is 0.0652. The molecule has 1 N–H and O–H groups in total. The van der Waals surface area contributed by atoms with Crippen molar-refractivity contribution in [1.82, 2.24) is 10.2 Å². The van der Waals surface area contributed by atoms with E-state index in [0.29, 0.717) is 18.1 Å². The molecule has 0 bridgehead atoms. The lowest BCUT2D eigenvalue weighted by atomic mass is 10.0. The molecular formula is C26H34BrFN2O3. The first-order valence-electron chi connectivity index (χ1n) is 11.4. The minimum absolute atomic E-state index is 0.000926. The predicted octanol–water partition coefficient (Wildman–Crippen LogP) is 5.81. The fourth-order valence-corrected chi connectivity index (χ4v) is 3.87. The maximum atomic E-state index is 13.4. The third kappa shape index (κ3) is 7.84. The summed E-state index contributed by atoms with van der Waals surface area (Å²) in [6.45, 7) is 9.97. The molecule has 0 unspecified atom stereocenters. The van der Waals surface area contributed by atoms with Crippen LogP contribution in [0.5, 0.6) is 5.75 Å². The third-order valence-corrected chi connectivity index (χ3v) is 6.25. The Hall–Kier alpha value is -2.41. The highest BCUT2D eigenvalue weighted by Gasteiger charge is 2.29. The number of nitrogens with one attached hydrogen (secondary N) is 1. The van der Waals surface area contributed by atoms with Gasteiger partial charge in [-0.25, -0.2) is 4.39 Å². The molecule has 33 heavy (non-hydrogen) atoms. The highest BCUT2D eigenvalue weighted by molar-refractivity contribution is 9.10. The van der Waals surface area contributed by atoms with Gasteiger partial charge in [-0.15, -0.1) is 0 Å². The van der Waals surface area contributed by atoms with E-state index in [1.165, 1.54) is 17.0 Å². The van der Waals surface area contributed by atoms with Crippen LogP contribution in [0, 0.1) is 5.82 Å². The van der Waals surface area contributed by atoms with Crippen LogP contribution < -0.4 is 10.1 Å². The van der Waals surface area contributed by atoms with Gasteiger partial charge in [0.1, 0.15) is 17.6 Å². The maximum Gasteiger partial charge on any atom is 0.261 e. The highest BCUT2D eigenvalue weighted by Crippen LogP contribution is 2.29. The van der Waals surface area contributed by atoms with Gasteiger partial charge in [0, 0.05) is 12.6 Å². The quantitative estimate of drug-likeness (QED) is 0.406. The van der Waals surface area contributed by atoms with Crippen molar-refractivity contribution in [3.63, 3.8) is 0 Å². The van der Waals surface area contributed by atoms with Crippen molar-refractivity contribution >= 4 is 27.7 Å². The largest absolute Gasteiger partial charge is 0.483 e. The van der Waals surface area contributed by atoms with Gasteiger partial charge >= 0.3 is 0 Å². The zero-order chi connectivity index (χ0) is 24.5. The van der Waals surface area contributed by atoms with Gasteiger partial charge in [0.05, 0.1) is 4.47 Å². The summed E-state index contributed by atoms with van der Waals surface area (Å²) in [4.78, 5) is 27.7. The van der Waals surface area contributed by atoms with Gasteiger partial charge in [-0.3, -0.25) is 9.59 Å². The van der Waals surface area contributed by atoms with E-state index in [-0.39, 0.29) is 36.8 Å². The van der Waals surface area contributed by atoms with E-state index in [0.717, 1.165) is 22.0 Å². The van der Waals surface area contributed by atoms with Crippen LogP contribution in [0.1, 0.15) is 64.5 Å². The molecule has 0 radical (unpaired) electrons. The van der Waals surface area contributed by atoms with Crippen LogP contribution in [-0.2, 0) is 16.1 Å². The van der Waals surface area contributed by atoms with Crippen LogP contribution in [0.3, 0.4) is 0 Å². The lowest BCUT2D eigenvalue weighted by Gasteiger charge is -2.31. The van der Waals surface area contributed by atoms with E-state index in [1.54, 1.807) is 12.1 Å². The Bertz CT molecular complexity index is 934. The lowest BCUT2D eigenvalue weighted by Crippen LogP contribution is -2.51. The number of carbonyl (C=O) groups is 2. The number of halogens is 2. The van der Waals surface area contributed by atoms with Crippen LogP contribution >= 0.6 is 15.9 Å². The number of hydrogen-bond donors (Lipinski definition) is 1. The Morgan fingerprint density at radius 2 is 1.73 bits per heavy atom.